The van der Waals surface area contributed by atoms with Crippen molar-refractivity contribution in [1.29, 1.82) is 10.5 Å². The molecule has 0 fully saturated rings. The van der Waals surface area contributed by atoms with Crippen LogP contribution in [-0.2, 0) is 0 Å². The van der Waals surface area contributed by atoms with Crippen LogP contribution in [0.25, 0.3) is 111 Å². The van der Waals surface area contributed by atoms with E-state index < -0.39 is 0 Å². The summed E-state index contributed by atoms with van der Waals surface area (Å²) < 4.78 is 4.51. The average Bonchev–Trinajstić information content (AvgIpc) is 3.90. The number of hydrogen-bond acceptors (Lipinski definition) is 5. The van der Waals surface area contributed by atoms with Crippen molar-refractivity contribution in [2.24, 2.45) is 0 Å². The van der Waals surface area contributed by atoms with Crippen molar-refractivity contribution in [3.8, 4) is 79.9 Å². The lowest BCUT2D eigenvalue weighted by atomic mass is 9.99. The molecule has 0 aliphatic carbocycles. The van der Waals surface area contributed by atoms with Crippen molar-refractivity contribution in [2.45, 2.75) is 27.7 Å². The topological polar surface area (TPSA) is 96.1 Å². The van der Waals surface area contributed by atoms with Gasteiger partial charge in [-0.05, 0) is 123 Å². The Bertz CT molecular complexity index is 3910. The minimum atomic E-state index is 0.391. The molecule has 70 heavy (non-hydrogen) atoms. The molecule has 0 atom stereocenters. The Hall–Kier alpha value is -9.43. The SMILES string of the molecule is Cc1cc(C)cc(-c2ccc3c(c2)c2ccccc2n3-c2ccc(C#N)cc2-c2nc(-c3ccccc3)nc(-c3cc(C#N)ccc3-n3c4ccccc4c4cc(-c5cc(C)cc(C)c5)ccc43)n2)c1. The monoisotopic (exact) mass is 897 g/mol. The van der Waals surface area contributed by atoms with Crippen LogP contribution in [0.2, 0.25) is 0 Å². The van der Waals surface area contributed by atoms with E-state index in [-0.39, 0.29) is 0 Å². The number of aryl methyl sites for hydroxylation is 4. The Morgan fingerprint density at radius 3 is 1.17 bits per heavy atom. The fourth-order valence-corrected chi connectivity index (χ4v) is 10.4. The summed E-state index contributed by atoms with van der Waals surface area (Å²) in [6.45, 7) is 8.54. The Morgan fingerprint density at radius 2 is 0.729 bits per heavy atom. The number of para-hydroxylation sites is 2. The normalized spacial score (nSPS) is 11.4. The average molecular weight is 898 g/mol. The highest BCUT2D eigenvalue weighted by atomic mass is 15.1. The number of hydrogen-bond donors (Lipinski definition) is 0. The number of nitriles is 2. The zero-order chi connectivity index (χ0) is 47.6. The van der Waals surface area contributed by atoms with Gasteiger partial charge >= 0.3 is 0 Å². The van der Waals surface area contributed by atoms with E-state index >= 15 is 0 Å². The molecule has 12 aromatic rings. The van der Waals surface area contributed by atoms with Crippen molar-refractivity contribution in [1.82, 2.24) is 24.1 Å². The lowest BCUT2D eigenvalue weighted by Crippen LogP contribution is -2.06. The van der Waals surface area contributed by atoms with Crippen LogP contribution < -0.4 is 0 Å². The molecule has 0 bridgehead atoms. The van der Waals surface area contributed by atoms with Gasteiger partial charge in [0.2, 0.25) is 0 Å². The van der Waals surface area contributed by atoms with Gasteiger partial charge < -0.3 is 9.13 Å². The van der Waals surface area contributed by atoms with E-state index in [1.54, 1.807) is 0 Å². The first-order valence-electron chi connectivity index (χ1n) is 23.4. The number of nitrogens with zero attached hydrogens (tertiary/aromatic N) is 7. The number of benzene rings is 9. The second-order valence-corrected chi connectivity index (χ2v) is 18.3. The second-order valence-electron chi connectivity index (χ2n) is 18.3. The molecule has 0 unspecified atom stereocenters. The van der Waals surface area contributed by atoms with Gasteiger partial charge in [-0.1, -0.05) is 138 Å². The van der Waals surface area contributed by atoms with Crippen LogP contribution in [0.15, 0.2) is 188 Å². The predicted molar refractivity (Wildman–Crippen MR) is 284 cm³/mol. The van der Waals surface area contributed by atoms with Gasteiger partial charge in [0.25, 0.3) is 0 Å². The molecule has 0 spiro atoms. The fourth-order valence-electron chi connectivity index (χ4n) is 10.4. The van der Waals surface area contributed by atoms with Crippen molar-refractivity contribution >= 4 is 43.6 Å². The van der Waals surface area contributed by atoms with Gasteiger partial charge in [-0.3, -0.25) is 0 Å². The molecule has 7 nitrogen and oxygen atoms in total. The smallest absolute Gasteiger partial charge is 0.166 e. The van der Waals surface area contributed by atoms with E-state index in [1.165, 1.54) is 33.4 Å². The molecule has 9 aromatic carbocycles. The van der Waals surface area contributed by atoms with Crippen molar-refractivity contribution in [3.63, 3.8) is 0 Å². The summed E-state index contributed by atoms with van der Waals surface area (Å²) in [5.41, 5.74) is 18.2. The Balaban J connectivity index is 1.10. The maximum absolute atomic E-state index is 10.5. The van der Waals surface area contributed by atoms with Crippen LogP contribution >= 0.6 is 0 Å². The van der Waals surface area contributed by atoms with Gasteiger partial charge in [-0.2, -0.15) is 10.5 Å². The molecular weight excluding hydrogens is 855 g/mol. The van der Waals surface area contributed by atoms with Crippen LogP contribution in [0, 0.1) is 50.4 Å². The summed E-state index contributed by atoms with van der Waals surface area (Å²) in [5.74, 6) is 1.24. The maximum Gasteiger partial charge on any atom is 0.166 e. The zero-order valence-electron chi connectivity index (χ0n) is 39.0. The molecule has 3 heterocycles. The van der Waals surface area contributed by atoms with E-state index in [0.29, 0.717) is 39.7 Å². The van der Waals surface area contributed by atoms with Crippen LogP contribution in [0.3, 0.4) is 0 Å². The second kappa shape index (κ2) is 16.7. The molecule has 0 aliphatic heterocycles. The molecule has 0 saturated carbocycles. The third-order valence-corrected chi connectivity index (χ3v) is 13.3. The Kier molecular flexibility index (Phi) is 10.0. The van der Waals surface area contributed by atoms with Gasteiger partial charge in [-0.25, -0.2) is 15.0 Å². The summed E-state index contributed by atoms with van der Waals surface area (Å²) in [4.78, 5) is 15.9. The van der Waals surface area contributed by atoms with Crippen LogP contribution in [0.1, 0.15) is 33.4 Å². The maximum atomic E-state index is 10.5. The third kappa shape index (κ3) is 7.17. The highest BCUT2D eigenvalue weighted by Crippen LogP contribution is 2.41. The summed E-state index contributed by atoms with van der Waals surface area (Å²) in [6.07, 6.45) is 0. The summed E-state index contributed by atoms with van der Waals surface area (Å²) in [6, 6.07) is 69.6. The number of fused-ring (bicyclic) bond motifs is 6. The van der Waals surface area contributed by atoms with Crippen molar-refractivity contribution < 1.29 is 0 Å². The van der Waals surface area contributed by atoms with Crippen LogP contribution in [-0.4, -0.2) is 24.1 Å². The van der Waals surface area contributed by atoms with E-state index in [0.717, 1.165) is 71.7 Å². The molecule has 0 radical (unpaired) electrons. The van der Waals surface area contributed by atoms with Gasteiger partial charge in [0.15, 0.2) is 17.5 Å². The third-order valence-electron chi connectivity index (χ3n) is 13.3. The molecular formula is C63H43N7. The quantitative estimate of drug-likeness (QED) is 0.159. The van der Waals surface area contributed by atoms with E-state index in [9.17, 15) is 10.5 Å². The molecule has 330 valence electrons. The standard InChI is InChI=1S/C63H43N7/c1-38-26-39(2)29-47(28-38)45-20-24-57-51(34-45)49-14-8-10-16-55(49)69(57)59-22-18-42(36-64)32-53(59)62-66-61(44-12-6-5-7-13-44)67-63(68-62)54-33-43(37-65)19-23-60(54)70-56-17-11-9-15-50(56)52-35-46(21-25-58(52)70)48-30-40(3)27-41(4)31-48/h5-35H,1-4H3. The predicted octanol–water partition coefficient (Wildman–Crippen LogP) is 15.4. The lowest BCUT2D eigenvalue weighted by Gasteiger charge is -2.17. The molecule has 0 saturated heterocycles. The highest BCUT2D eigenvalue weighted by Gasteiger charge is 2.24. The van der Waals surface area contributed by atoms with Crippen molar-refractivity contribution in [2.75, 3.05) is 0 Å². The Labute approximate surface area is 405 Å². The summed E-state index contributed by atoms with van der Waals surface area (Å²) >= 11 is 0. The largest absolute Gasteiger partial charge is 0.308 e. The highest BCUT2D eigenvalue weighted by molar-refractivity contribution is 6.12. The minimum absolute atomic E-state index is 0.391. The van der Waals surface area contributed by atoms with Gasteiger partial charge in [-0.15, -0.1) is 0 Å². The molecule has 3 aromatic heterocycles. The minimum Gasteiger partial charge on any atom is -0.308 e. The molecule has 0 amide bonds. The van der Waals surface area contributed by atoms with E-state index in [4.69, 9.17) is 15.0 Å². The Morgan fingerprint density at radius 1 is 0.329 bits per heavy atom. The first-order valence-corrected chi connectivity index (χ1v) is 23.4. The lowest BCUT2D eigenvalue weighted by molar-refractivity contribution is 1.06. The van der Waals surface area contributed by atoms with E-state index in [1.807, 2.05) is 66.7 Å². The fraction of sp³-hybridized carbons (Fsp3) is 0.0635. The number of aromatic nitrogens is 5. The van der Waals surface area contributed by atoms with Gasteiger partial charge in [0, 0.05) is 38.2 Å². The molecule has 0 N–H and O–H groups in total. The molecule has 0 aliphatic rings. The van der Waals surface area contributed by atoms with Gasteiger partial charge in [0.05, 0.1) is 56.7 Å². The first kappa shape index (κ1) is 42.0. The zero-order valence-corrected chi connectivity index (χ0v) is 39.0. The van der Waals surface area contributed by atoms with Crippen LogP contribution in [0.5, 0.6) is 0 Å². The van der Waals surface area contributed by atoms with E-state index in [2.05, 4.69) is 170 Å². The van der Waals surface area contributed by atoms with Crippen LogP contribution in [0.4, 0.5) is 0 Å². The molecule has 7 heteroatoms. The number of rotatable bonds is 7. The first-order chi connectivity index (χ1) is 34.2. The van der Waals surface area contributed by atoms with Crippen molar-refractivity contribution in [3.05, 3.63) is 221 Å². The summed E-state index contributed by atoms with van der Waals surface area (Å²) in [5, 5.41) is 25.3. The molecule has 12 rings (SSSR count). The van der Waals surface area contributed by atoms with Gasteiger partial charge in [0.1, 0.15) is 0 Å². The summed E-state index contributed by atoms with van der Waals surface area (Å²) in [7, 11) is 0.